The van der Waals surface area contributed by atoms with Gasteiger partial charge in [0, 0.05) is 12.2 Å². The van der Waals surface area contributed by atoms with Crippen LogP contribution in [-0.2, 0) is 21.3 Å². The number of aliphatic hydroxyl groups is 2. The number of hydrogen-bond acceptors (Lipinski definition) is 9. The summed E-state index contributed by atoms with van der Waals surface area (Å²) in [4.78, 5) is 24.3. The molecule has 1 aliphatic rings. The third-order valence-electron chi connectivity index (χ3n) is 6.44. The summed E-state index contributed by atoms with van der Waals surface area (Å²) in [6, 6.07) is 7.46. The maximum atomic E-state index is 12.6. The van der Waals surface area contributed by atoms with Crippen LogP contribution in [0.2, 0.25) is 0 Å². The predicted molar refractivity (Wildman–Crippen MR) is 145 cm³/mol. The SMILES string of the molecule is CC(C)(C)c1ccc(NC(=O)NCCCC[S+]([O-])C[C@H]2O[C@@H](n3cnc4c(N)ncnc43)[C@H](O)[C@@H]2O)cc1. The van der Waals surface area contributed by atoms with Gasteiger partial charge in [-0.2, -0.15) is 0 Å². The zero-order chi connectivity index (χ0) is 27.4. The molecule has 1 unspecified atom stereocenters. The number of nitrogens with zero attached hydrogens (tertiary/aromatic N) is 4. The average molecular weight is 546 g/mol. The fourth-order valence-electron chi connectivity index (χ4n) is 4.24. The van der Waals surface area contributed by atoms with E-state index in [1.165, 1.54) is 22.8 Å². The molecule has 206 valence electrons. The lowest BCUT2D eigenvalue weighted by molar-refractivity contribution is -0.0292. The summed E-state index contributed by atoms with van der Waals surface area (Å²) in [7, 11) is 0. The van der Waals surface area contributed by atoms with Crippen molar-refractivity contribution in [1.29, 1.82) is 0 Å². The monoisotopic (exact) mass is 545 g/mol. The summed E-state index contributed by atoms with van der Waals surface area (Å²) in [5.74, 6) is 0.640. The Bertz CT molecular complexity index is 1230. The lowest BCUT2D eigenvalue weighted by Gasteiger charge is -2.19. The number of fused-ring (bicyclic) bond motifs is 1. The molecule has 2 amide bonds. The number of nitrogens with one attached hydrogen (secondary N) is 2. The molecule has 1 aromatic carbocycles. The van der Waals surface area contributed by atoms with Gasteiger partial charge in [-0.1, -0.05) is 44.1 Å². The first-order valence-electron chi connectivity index (χ1n) is 12.5. The van der Waals surface area contributed by atoms with E-state index in [-0.39, 0.29) is 23.0 Å². The molecule has 3 heterocycles. The Labute approximate surface area is 224 Å². The Hall–Kier alpha value is -2.97. The predicted octanol–water partition coefficient (Wildman–Crippen LogP) is 1.68. The number of urea groups is 1. The standard InChI is InChI=1S/C25H35N7O5S/c1-25(2,3)15-6-8-16(9-7-15)31-24(35)27-10-4-5-11-38(36)12-17-19(33)20(34)23(37-17)32-14-30-18-21(26)28-13-29-22(18)32/h6-9,13-14,17,19-20,23,33-34H,4-5,10-12H2,1-3H3,(H2,26,28,29)(H2,27,31,35)/t17-,19-,20-,23-,38?/m1/s1. The Balaban J connectivity index is 1.17. The molecular weight excluding hydrogens is 510 g/mol. The number of unbranched alkanes of at least 4 members (excludes halogenated alkanes) is 1. The van der Waals surface area contributed by atoms with Crippen LogP contribution in [0.1, 0.15) is 45.4 Å². The van der Waals surface area contributed by atoms with Crippen LogP contribution >= 0.6 is 0 Å². The molecule has 13 heteroatoms. The van der Waals surface area contributed by atoms with E-state index in [1.54, 1.807) is 0 Å². The highest BCUT2D eigenvalue weighted by Gasteiger charge is 2.46. The van der Waals surface area contributed by atoms with Crippen molar-refractivity contribution in [3.63, 3.8) is 0 Å². The van der Waals surface area contributed by atoms with Gasteiger partial charge < -0.3 is 35.9 Å². The first kappa shape index (κ1) is 28.0. The maximum absolute atomic E-state index is 12.6. The molecular formula is C25H35N7O5S. The first-order valence-corrected chi connectivity index (χ1v) is 14.0. The average Bonchev–Trinajstić information content (AvgIpc) is 3.41. The summed E-state index contributed by atoms with van der Waals surface area (Å²) in [6.07, 6.45) is -0.280. The van der Waals surface area contributed by atoms with Crippen molar-refractivity contribution in [2.45, 2.75) is 63.6 Å². The molecule has 1 aliphatic heterocycles. The van der Waals surface area contributed by atoms with E-state index in [1.807, 2.05) is 24.3 Å². The normalized spacial score (nSPS) is 22.5. The lowest BCUT2D eigenvalue weighted by Crippen LogP contribution is -2.36. The molecule has 0 bridgehead atoms. The quantitative estimate of drug-likeness (QED) is 0.197. The van der Waals surface area contributed by atoms with Gasteiger partial charge >= 0.3 is 6.03 Å². The maximum Gasteiger partial charge on any atom is 0.319 e. The molecule has 0 spiro atoms. The van der Waals surface area contributed by atoms with E-state index < -0.39 is 35.7 Å². The van der Waals surface area contributed by atoms with Crippen LogP contribution in [-0.4, -0.2) is 76.7 Å². The van der Waals surface area contributed by atoms with Crippen LogP contribution in [0.3, 0.4) is 0 Å². The summed E-state index contributed by atoms with van der Waals surface area (Å²) in [6.45, 7) is 6.83. The second-order valence-electron chi connectivity index (χ2n) is 10.4. The molecule has 2 aromatic heterocycles. The van der Waals surface area contributed by atoms with Gasteiger partial charge in [0.1, 0.15) is 41.7 Å². The van der Waals surface area contributed by atoms with Crippen molar-refractivity contribution in [3.8, 4) is 0 Å². The van der Waals surface area contributed by atoms with Gasteiger partial charge in [0.25, 0.3) is 0 Å². The molecule has 0 saturated carbocycles. The highest BCUT2D eigenvalue weighted by Crippen LogP contribution is 2.32. The van der Waals surface area contributed by atoms with Crippen molar-refractivity contribution in [1.82, 2.24) is 24.8 Å². The van der Waals surface area contributed by atoms with Gasteiger partial charge in [-0.3, -0.25) is 4.57 Å². The van der Waals surface area contributed by atoms with E-state index in [0.29, 0.717) is 42.0 Å². The highest BCUT2D eigenvalue weighted by atomic mass is 32.2. The molecule has 5 atom stereocenters. The van der Waals surface area contributed by atoms with Crippen LogP contribution in [0, 0.1) is 0 Å². The molecule has 0 aliphatic carbocycles. The van der Waals surface area contributed by atoms with E-state index in [4.69, 9.17) is 10.5 Å². The number of nitrogen functional groups attached to an aromatic ring is 1. The summed E-state index contributed by atoms with van der Waals surface area (Å²) < 4.78 is 20.0. The molecule has 0 radical (unpaired) electrons. The number of aromatic nitrogens is 4. The second kappa shape index (κ2) is 11.8. The highest BCUT2D eigenvalue weighted by molar-refractivity contribution is 7.91. The number of imidazole rings is 1. The number of aliphatic hydroxyl groups excluding tert-OH is 2. The van der Waals surface area contributed by atoms with Crippen molar-refractivity contribution in [3.05, 3.63) is 42.5 Å². The minimum atomic E-state index is -1.29. The Kier molecular flexibility index (Phi) is 8.73. The number of ether oxygens (including phenoxy) is 1. The van der Waals surface area contributed by atoms with E-state index >= 15 is 0 Å². The molecule has 6 N–H and O–H groups in total. The number of amides is 2. The van der Waals surface area contributed by atoms with Crippen molar-refractivity contribution < 1.29 is 24.3 Å². The van der Waals surface area contributed by atoms with Gasteiger partial charge in [-0.25, -0.2) is 19.7 Å². The molecule has 38 heavy (non-hydrogen) atoms. The Morgan fingerprint density at radius 2 is 1.89 bits per heavy atom. The topological polar surface area (TPSA) is 183 Å². The van der Waals surface area contributed by atoms with E-state index in [9.17, 15) is 19.6 Å². The number of hydrogen-bond donors (Lipinski definition) is 5. The summed E-state index contributed by atoms with van der Waals surface area (Å²) >= 11 is -1.29. The number of rotatable bonds is 9. The van der Waals surface area contributed by atoms with E-state index in [0.717, 1.165) is 0 Å². The van der Waals surface area contributed by atoms with Crippen molar-refractivity contribution in [2.24, 2.45) is 0 Å². The largest absolute Gasteiger partial charge is 0.616 e. The van der Waals surface area contributed by atoms with Gasteiger partial charge in [-0.15, -0.1) is 0 Å². The van der Waals surface area contributed by atoms with Crippen LogP contribution in [0.25, 0.3) is 11.2 Å². The number of carbonyl (C=O) groups excluding carboxylic acids is 1. The fourth-order valence-corrected chi connectivity index (χ4v) is 5.57. The number of benzene rings is 1. The third-order valence-corrected chi connectivity index (χ3v) is 7.89. The molecule has 1 saturated heterocycles. The van der Waals surface area contributed by atoms with Gasteiger partial charge in [0.05, 0.1) is 6.33 Å². The van der Waals surface area contributed by atoms with Crippen LogP contribution in [0.15, 0.2) is 36.9 Å². The summed E-state index contributed by atoms with van der Waals surface area (Å²) in [5.41, 5.74) is 8.50. The minimum Gasteiger partial charge on any atom is -0.616 e. The van der Waals surface area contributed by atoms with E-state index in [2.05, 4.69) is 46.4 Å². The Morgan fingerprint density at radius 3 is 2.61 bits per heavy atom. The number of nitrogens with two attached hydrogens (primary N) is 1. The number of carbonyl (C=O) groups is 1. The Morgan fingerprint density at radius 1 is 1.16 bits per heavy atom. The minimum absolute atomic E-state index is 0.0454. The third kappa shape index (κ3) is 6.53. The van der Waals surface area contributed by atoms with Crippen LogP contribution in [0.5, 0.6) is 0 Å². The molecule has 1 fully saturated rings. The van der Waals surface area contributed by atoms with Crippen molar-refractivity contribution in [2.75, 3.05) is 29.1 Å². The lowest BCUT2D eigenvalue weighted by atomic mass is 9.87. The zero-order valence-corrected chi connectivity index (χ0v) is 22.5. The zero-order valence-electron chi connectivity index (χ0n) is 21.7. The molecule has 12 nitrogen and oxygen atoms in total. The first-order chi connectivity index (χ1) is 18.0. The van der Waals surface area contributed by atoms with Gasteiger partial charge in [0.2, 0.25) is 0 Å². The number of anilines is 2. The van der Waals surface area contributed by atoms with Crippen LogP contribution < -0.4 is 16.4 Å². The smallest absolute Gasteiger partial charge is 0.319 e. The van der Waals surface area contributed by atoms with Crippen molar-refractivity contribution >= 4 is 39.9 Å². The summed E-state index contributed by atoms with van der Waals surface area (Å²) in [5, 5.41) is 26.7. The van der Waals surface area contributed by atoms with Crippen LogP contribution in [0.4, 0.5) is 16.3 Å². The molecule has 3 aromatic rings. The second-order valence-corrected chi connectivity index (χ2v) is 12.0. The van der Waals surface area contributed by atoms with Gasteiger partial charge in [-0.05, 0) is 36.0 Å². The molecule has 4 rings (SSSR count). The van der Waals surface area contributed by atoms with Gasteiger partial charge in [0.15, 0.2) is 17.7 Å². The fraction of sp³-hybridized carbons (Fsp3) is 0.520.